The Morgan fingerprint density at radius 3 is 2.53 bits per heavy atom. The number of benzene rings is 1. The molecule has 96 valence electrons. The average Bonchev–Trinajstić information content (AvgIpc) is 2.48. The molecule has 0 aliphatic heterocycles. The summed E-state index contributed by atoms with van der Waals surface area (Å²) < 4.78 is 0. The van der Waals surface area contributed by atoms with Crippen molar-refractivity contribution in [1.29, 1.82) is 5.26 Å². The molecule has 2 atom stereocenters. The number of rotatable bonds is 5. The first-order valence-corrected chi connectivity index (χ1v) is 6.39. The lowest BCUT2D eigenvalue weighted by Gasteiger charge is -2.22. The van der Waals surface area contributed by atoms with Gasteiger partial charge in [0.1, 0.15) is 0 Å². The molecule has 0 aliphatic carbocycles. The van der Waals surface area contributed by atoms with Crippen LogP contribution in [0.15, 0.2) is 54.9 Å². The van der Waals surface area contributed by atoms with E-state index in [-0.39, 0.29) is 12.1 Å². The van der Waals surface area contributed by atoms with E-state index >= 15 is 0 Å². The van der Waals surface area contributed by atoms with Crippen LogP contribution in [0.1, 0.15) is 36.6 Å². The van der Waals surface area contributed by atoms with Crippen LogP contribution < -0.4 is 5.32 Å². The number of nitriles is 1. The van der Waals surface area contributed by atoms with Gasteiger partial charge in [-0.3, -0.25) is 4.98 Å². The number of nitrogens with zero attached hydrogens (tertiary/aromatic N) is 2. The van der Waals surface area contributed by atoms with Gasteiger partial charge in [-0.15, -0.1) is 0 Å². The molecule has 2 aromatic rings. The van der Waals surface area contributed by atoms with Crippen LogP contribution >= 0.6 is 0 Å². The van der Waals surface area contributed by atoms with Gasteiger partial charge in [0.15, 0.2) is 0 Å². The number of hydrogen-bond donors (Lipinski definition) is 1. The molecule has 2 rings (SSSR count). The molecule has 3 nitrogen and oxygen atoms in total. The van der Waals surface area contributed by atoms with Crippen LogP contribution in [0, 0.1) is 11.3 Å². The second-order valence-corrected chi connectivity index (χ2v) is 4.50. The molecule has 1 aromatic heterocycles. The highest BCUT2D eigenvalue weighted by atomic mass is 14.9. The molecule has 0 fully saturated rings. The molecule has 1 aromatic carbocycles. The van der Waals surface area contributed by atoms with Crippen molar-refractivity contribution in [2.24, 2.45) is 0 Å². The average molecular weight is 251 g/mol. The maximum Gasteiger partial charge on any atom is 0.0641 e. The van der Waals surface area contributed by atoms with Crippen molar-refractivity contribution in [3.8, 4) is 6.07 Å². The zero-order valence-electron chi connectivity index (χ0n) is 11.0. The summed E-state index contributed by atoms with van der Waals surface area (Å²) in [7, 11) is 0. The Morgan fingerprint density at radius 1 is 1.16 bits per heavy atom. The lowest BCUT2D eigenvalue weighted by Crippen LogP contribution is -2.24. The molecular formula is C16H17N3. The summed E-state index contributed by atoms with van der Waals surface area (Å²) in [4.78, 5) is 4.13. The number of nitrogens with one attached hydrogen (secondary N) is 1. The predicted molar refractivity (Wildman–Crippen MR) is 75.2 cm³/mol. The minimum Gasteiger partial charge on any atom is -0.302 e. The fourth-order valence-electron chi connectivity index (χ4n) is 2.08. The summed E-state index contributed by atoms with van der Waals surface area (Å²) in [6.45, 7) is 2.09. The molecule has 0 bridgehead atoms. The van der Waals surface area contributed by atoms with E-state index in [1.54, 1.807) is 6.20 Å². The van der Waals surface area contributed by atoms with Crippen LogP contribution in [0.25, 0.3) is 0 Å². The third-order valence-corrected chi connectivity index (χ3v) is 3.13. The third kappa shape index (κ3) is 3.64. The number of hydrogen-bond acceptors (Lipinski definition) is 3. The maximum absolute atomic E-state index is 8.98. The normalized spacial score (nSPS) is 13.5. The minimum atomic E-state index is 0.0430. The predicted octanol–water partition coefficient (Wildman–Crippen LogP) is 3.39. The van der Waals surface area contributed by atoms with E-state index in [4.69, 9.17) is 5.26 Å². The lowest BCUT2D eigenvalue weighted by molar-refractivity contribution is 0.472. The van der Waals surface area contributed by atoms with Crippen molar-refractivity contribution in [1.82, 2.24) is 10.3 Å². The topological polar surface area (TPSA) is 48.7 Å². The Kier molecular flexibility index (Phi) is 4.66. The highest BCUT2D eigenvalue weighted by Gasteiger charge is 2.14. The SMILES string of the molecule is C[C@@H](NC(CC#N)c1ccccc1)c1cccnc1. The van der Waals surface area contributed by atoms with Crippen LogP contribution in [0.4, 0.5) is 0 Å². The molecule has 0 radical (unpaired) electrons. The van der Waals surface area contributed by atoms with Crippen molar-refractivity contribution in [2.75, 3.05) is 0 Å². The summed E-state index contributed by atoms with van der Waals surface area (Å²) in [6, 6.07) is 16.5. The van der Waals surface area contributed by atoms with Crippen LogP contribution in [-0.4, -0.2) is 4.98 Å². The van der Waals surface area contributed by atoms with E-state index in [1.807, 2.05) is 48.7 Å². The van der Waals surface area contributed by atoms with Crippen molar-refractivity contribution in [3.05, 3.63) is 66.0 Å². The van der Waals surface area contributed by atoms with Gasteiger partial charge in [0.05, 0.1) is 12.5 Å². The molecule has 0 aliphatic rings. The van der Waals surface area contributed by atoms with E-state index in [9.17, 15) is 0 Å². The van der Waals surface area contributed by atoms with Gasteiger partial charge in [0.2, 0.25) is 0 Å². The Morgan fingerprint density at radius 2 is 1.89 bits per heavy atom. The molecule has 0 saturated heterocycles. The Bertz CT molecular complexity index is 531. The summed E-state index contributed by atoms with van der Waals surface area (Å²) in [6.07, 6.45) is 4.07. The number of pyridine rings is 1. The third-order valence-electron chi connectivity index (χ3n) is 3.13. The van der Waals surface area contributed by atoms with Gasteiger partial charge in [-0.2, -0.15) is 5.26 Å². The molecule has 1 unspecified atom stereocenters. The highest BCUT2D eigenvalue weighted by Crippen LogP contribution is 2.21. The molecule has 1 N–H and O–H groups in total. The Balaban J connectivity index is 2.12. The second kappa shape index (κ2) is 6.67. The van der Waals surface area contributed by atoms with E-state index in [2.05, 4.69) is 23.3 Å². The van der Waals surface area contributed by atoms with Crippen LogP contribution in [0.2, 0.25) is 0 Å². The first kappa shape index (κ1) is 13.3. The lowest BCUT2D eigenvalue weighted by atomic mass is 10.0. The van der Waals surface area contributed by atoms with Gasteiger partial charge in [0, 0.05) is 24.5 Å². The minimum absolute atomic E-state index is 0.0430. The fourth-order valence-corrected chi connectivity index (χ4v) is 2.08. The van der Waals surface area contributed by atoms with Crippen molar-refractivity contribution in [2.45, 2.75) is 25.4 Å². The maximum atomic E-state index is 8.98. The van der Waals surface area contributed by atoms with E-state index in [0.29, 0.717) is 6.42 Å². The smallest absolute Gasteiger partial charge is 0.0641 e. The summed E-state index contributed by atoms with van der Waals surface area (Å²) in [5.41, 5.74) is 2.26. The van der Waals surface area contributed by atoms with E-state index in [1.165, 1.54) is 0 Å². The summed E-state index contributed by atoms with van der Waals surface area (Å²) >= 11 is 0. The summed E-state index contributed by atoms with van der Waals surface area (Å²) in [5.74, 6) is 0. The fraction of sp³-hybridized carbons (Fsp3) is 0.250. The highest BCUT2D eigenvalue weighted by molar-refractivity contribution is 5.21. The first-order chi connectivity index (χ1) is 9.31. The molecule has 3 heteroatoms. The molecule has 0 spiro atoms. The van der Waals surface area contributed by atoms with Gasteiger partial charge in [0.25, 0.3) is 0 Å². The first-order valence-electron chi connectivity index (χ1n) is 6.39. The van der Waals surface area contributed by atoms with E-state index < -0.39 is 0 Å². The molecular weight excluding hydrogens is 234 g/mol. The standard InChI is InChI=1S/C16H17N3/c1-13(15-8-5-11-18-12-15)19-16(9-10-17)14-6-3-2-4-7-14/h2-8,11-13,16,19H,9H2,1H3/t13-,16?/m1/s1. The molecule has 0 amide bonds. The second-order valence-electron chi connectivity index (χ2n) is 4.50. The Labute approximate surface area is 113 Å². The molecule has 1 heterocycles. The molecule has 0 saturated carbocycles. The van der Waals surface area contributed by atoms with Crippen LogP contribution in [-0.2, 0) is 0 Å². The zero-order valence-corrected chi connectivity index (χ0v) is 11.0. The van der Waals surface area contributed by atoms with Gasteiger partial charge in [-0.25, -0.2) is 0 Å². The molecule has 19 heavy (non-hydrogen) atoms. The van der Waals surface area contributed by atoms with E-state index in [0.717, 1.165) is 11.1 Å². The summed E-state index contributed by atoms with van der Waals surface area (Å²) in [5, 5.41) is 12.5. The van der Waals surface area contributed by atoms with Gasteiger partial charge in [-0.05, 0) is 24.1 Å². The van der Waals surface area contributed by atoms with Crippen LogP contribution in [0.3, 0.4) is 0 Å². The Hall–Kier alpha value is -2.18. The zero-order chi connectivity index (χ0) is 13.5. The largest absolute Gasteiger partial charge is 0.302 e. The monoisotopic (exact) mass is 251 g/mol. The quantitative estimate of drug-likeness (QED) is 0.886. The number of aromatic nitrogens is 1. The van der Waals surface area contributed by atoms with Crippen molar-refractivity contribution >= 4 is 0 Å². The van der Waals surface area contributed by atoms with Crippen molar-refractivity contribution in [3.63, 3.8) is 0 Å². The van der Waals surface area contributed by atoms with Crippen molar-refractivity contribution < 1.29 is 0 Å². The van der Waals surface area contributed by atoms with Gasteiger partial charge < -0.3 is 5.32 Å². The van der Waals surface area contributed by atoms with Gasteiger partial charge >= 0.3 is 0 Å². The van der Waals surface area contributed by atoms with Crippen LogP contribution in [0.5, 0.6) is 0 Å². The van der Waals surface area contributed by atoms with Gasteiger partial charge in [-0.1, -0.05) is 36.4 Å².